The molecule has 0 spiro atoms. The van der Waals surface area contributed by atoms with Crippen molar-refractivity contribution in [1.29, 1.82) is 0 Å². The van der Waals surface area contributed by atoms with E-state index in [0.717, 1.165) is 22.5 Å². The van der Waals surface area contributed by atoms with Crippen LogP contribution in [-0.2, 0) is 10.0 Å². The fourth-order valence-corrected chi connectivity index (χ4v) is 5.52. The van der Waals surface area contributed by atoms with Gasteiger partial charge >= 0.3 is 0 Å². The number of nitrogens with one attached hydrogen (secondary N) is 1. The highest BCUT2D eigenvalue weighted by molar-refractivity contribution is 7.94. The molecule has 4 heterocycles. The van der Waals surface area contributed by atoms with E-state index in [-0.39, 0.29) is 4.21 Å². The van der Waals surface area contributed by atoms with E-state index < -0.39 is 10.0 Å². The second kappa shape index (κ2) is 7.73. The standard InChI is InChI=1S/C20H13ClN6O2S2/c21-17-8-10-19(30-17)31(28,29)26-15-5-3-13(4-6-15)16-7-9-18-23-24-20(27(18)25-16)14-2-1-11-22-12-14/h1-12,26H. The smallest absolute Gasteiger partial charge is 0.271 e. The molecular weight excluding hydrogens is 456 g/mol. The van der Waals surface area contributed by atoms with E-state index >= 15 is 0 Å². The molecule has 0 radical (unpaired) electrons. The number of halogens is 1. The van der Waals surface area contributed by atoms with Crippen molar-refractivity contribution in [2.75, 3.05) is 4.72 Å². The molecule has 11 heteroatoms. The third-order valence-electron chi connectivity index (χ3n) is 4.43. The molecule has 31 heavy (non-hydrogen) atoms. The molecule has 0 aliphatic heterocycles. The van der Waals surface area contributed by atoms with Crippen LogP contribution in [0.1, 0.15) is 0 Å². The average Bonchev–Trinajstić information content (AvgIpc) is 3.41. The van der Waals surface area contributed by atoms with Crippen molar-refractivity contribution < 1.29 is 8.42 Å². The predicted molar refractivity (Wildman–Crippen MR) is 120 cm³/mol. The van der Waals surface area contributed by atoms with Crippen LogP contribution in [0.3, 0.4) is 0 Å². The first-order valence-electron chi connectivity index (χ1n) is 9.01. The maximum atomic E-state index is 12.5. The van der Waals surface area contributed by atoms with Crippen molar-refractivity contribution in [1.82, 2.24) is 24.8 Å². The van der Waals surface area contributed by atoms with E-state index in [0.29, 0.717) is 27.2 Å². The van der Waals surface area contributed by atoms with E-state index in [4.69, 9.17) is 11.6 Å². The van der Waals surface area contributed by atoms with Crippen molar-refractivity contribution in [3.63, 3.8) is 0 Å². The van der Waals surface area contributed by atoms with Crippen LogP contribution in [0.25, 0.3) is 28.3 Å². The Kier molecular flexibility index (Phi) is 4.89. The van der Waals surface area contributed by atoms with Gasteiger partial charge in [-0.1, -0.05) is 23.7 Å². The minimum absolute atomic E-state index is 0.157. The van der Waals surface area contributed by atoms with Crippen LogP contribution < -0.4 is 4.72 Å². The number of thiophene rings is 1. The van der Waals surface area contributed by atoms with Gasteiger partial charge in [0.25, 0.3) is 10.0 Å². The Morgan fingerprint density at radius 1 is 0.935 bits per heavy atom. The first-order valence-corrected chi connectivity index (χ1v) is 11.7. The van der Waals surface area contributed by atoms with Crippen molar-refractivity contribution in [2.24, 2.45) is 0 Å². The Balaban J connectivity index is 1.44. The van der Waals surface area contributed by atoms with Gasteiger partial charge in [-0.2, -0.15) is 9.61 Å². The first kappa shape index (κ1) is 19.6. The average molecular weight is 469 g/mol. The van der Waals surface area contributed by atoms with Gasteiger partial charge in [0, 0.05) is 29.2 Å². The highest BCUT2D eigenvalue weighted by atomic mass is 35.5. The summed E-state index contributed by atoms with van der Waals surface area (Å²) >= 11 is 6.85. The number of hydrogen-bond donors (Lipinski definition) is 1. The molecule has 0 amide bonds. The third-order valence-corrected chi connectivity index (χ3v) is 7.53. The van der Waals surface area contributed by atoms with Gasteiger partial charge < -0.3 is 0 Å². The molecule has 0 atom stereocenters. The SMILES string of the molecule is O=S(=O)(Nc1ccc(-c2ccc3nnc(-c4cccnc4)n3n2)cc1)c1ccc(Cl)s1. The Morgan fingerprint density at radius 3 is 2.48 bits per heavy atom. The summed E-state index contributed by atoms with van der Waals surface area (Å²) in [5.74, 6) is 0.587. The molecule has 5 rings (SSSR count). The molecule has 0 fully saturated rings. The lowest BCUT2D eigenvalue weighted by atomic mass is 10.1. The number of hydrogen-bond acceptors (Lipinski definition) is 7. The normalized spacial score (nSPS) is 11.6. The first-order chi connectivity index (χ1) is 15.0. The molecular formula is C20H13ClN6O2S2. The van der Waals surface area contributed by atoms with Crippen LogP contribution >= 0.6 is 22.9 Å². The fourth-order valence-electron chi connectivity index (χ4n) is 2.97. The minimum Gasteiger partial charge on any atom is -0.279 e. The molecule has 154 valence electrons. The fraction of sp³-hybridized carbons (Fsp3) is 0. The van der Waals surface area contributed by atoms with E-state index in [1.165, 1.54) is 6.07 Å². The lowest BCUT2D eigenvalue weighted by molar-refractivity contribution is 0.603. The molecule has 0 saturated carbocycles. The number of rotatable bonds is 5. The molecule has 4 aromatic heterocycles. The summed E-state index contributed by atoms with van der Waals surface area (Å²) < 4.78 is 29.7. The molecule has 5 aromatic rings. The van der Waals surface area contributed by atoms with Gasteiger partial charge in [0.15, 0.2) is 11.5 Å². The number of sulfonamides is 1. The van der Waals surface area contributed by atoms with Gasteiger partial charge in [-0.3, -0.25) is 9.71 Å². The van der Waals surface area contributed by atoms with Crippen LogP contribution in [0.2, 0.25) is 4.34 Å². The second-order valence-corrected chi connectivity index (χ2v) is 10.1. The van der Waals surface area contributed by atoms with Gasteiger partial charge in [0.2, 0.25) is 0 Å². The van der Waals surface area contributed by atoms with Crippen LogP contribution in [-0.4, -0.2) is 33.2 Å². The molecule has 1 aromatic carbocycles. The zero-order valence-electron chi connectivity index (χ0n) is 15.7. The minimum atomic E-state index is -3.69. The van der Waals surface area contributed by atoms with Crippen molar-refractivity contribution in [3.05, 3.63) is 77.4 Å². The molecule has 0 saturated heterocycles. The molecule has 8 nitrogen and oxygen atoms in total. The lowest BCUT2D eigenvalue weighted by Gasteiger charge is -2.08. The van der Waals surface area contributed by atoms with Crippen LogP contribution in [0.15, 0.2) is 77.3 Å². The topological polar surface area (TPSA) is 102 Å². The van der Waals surface area contributed by atoms with Crippen LogP contribution in [0.4, 0.5) is 5.69 Å². The van der Waals surface area contributed by atoms with Gasteiger partial charge in [-0.15, -0.1) is 21.5 Å². The number of benzene rings is 1. The number of nitrogens with zero attached hydrogens (tertiary/aromatic N) is 5. The maximum absolute atomic E-state index is 12.5. The molecule has 0 aliphatic carbocycles. The van der Waals surface area contributed by atoms with E-state index in [1.807, 2.05) is 24.3 Å². The summed E-state index contributed by atoms with van der Waals surface area (Å²) in [7, 11) is -3.69. The zero-order chi connectivity index (χ0) is 21.4. The number of fused-ring (bicyclic) bond motifs is 1. The van der Waals surface area contributed by atoms with Crippen LogP contribution in [0, 0.1) is 0 Å². The van der Waals surface area contributed by atoms with Crippen molar-refractivity contribution in [3.8, 4) is 22.6 Å². The predicted octanol–water partition coefficient (Wildman–Crippen LogP) is 4.37. The highest BCUT2D eigenvalue weighted by Crippen LogP contribution is 2.28. The summed E-state index contributed by atoms with van der Waals surface area (Å²) in [5, 5.41) is 13.0. The van der Waals surface area contributed by atoms with Gasteiger partial charge in [-0.05, 0) is 48.5 Å². The Hall–Kier alpha value is -3.34. The zero-order valence-corrected chi connectivity index (χ0v) is 18.1. The third kappa shape index (κ3) is 3.88. The largest absolute Gasteiger partial charge is 0.279 e. The number of aromatic nitrogens is 5. The van der Waals surface area contributed by atoms with E-state index in [2.05, 4.69) is 25.0 Å². The summed E-state index contributed by atoms with van der Waals surface area (Å²) in [4.78, 5) is 4.12. The molecule has 0 unspecified atom stereocenters. The van der Waals surface area contributed by atoms with E-state index in [9.17, 15) is 8.42 Å². The summed E-state index contributed by atoms with van der Waals surface area (Å²) in [6.07, 6.45) is 3.39. The number of pyridine rings is 1. The summed E-state index contributed by atoms with van der Waals surface area (Å²) in [5.41, 5.74) is 3.36. The van der Waals surface area contributed by atoms with Crippen molar-refractivity contribution >= 4 is 44.3 Å². The maximum Gasteiger partial charge on any atom is 0.271 e. The monoisotopic (exact) mass is 468 g/mol. The molecule has 1 N–H and O–H groups in total. The second-order valence-electron chi connectivity index (χ2n) is 6.50. The molecule has 0 bridgehead atoms. The Morgan fingerprint density at radius 2 is 1.77 bits per heavy atom. The van der Waals surface area contributed by atoms with Crippen LogP contribution in [0.5, 0.6) is 0 Å². The summed E-state index contributed by atoms with van der Waals surface area (Å²) in [6.45, 7) is 0. The van der Waals surface area contributed by atoms with Crippen molar-refractivity contribution in [2.45, 2.75) is 4.21 Å². The highest BCUT2D eigenvalue weighted by Gasteiger charge is 2.17. The van der Waals surface area contributed by atoms with E-state index in [1.54, 1.807) is 47.2 Å². The molecule has 0 aliphatic rings. The lowest BCUT2D eigenvalue weighted by Crippen LogP contribution is -2.11. The van der Waals surface area contributed by atoms with Gasteiger partial charge in [0.05, 0.1) is 10.0 Å². The Labute approximate surface area is 186 Å². The quantitative estimate of drug-likeness (QED) is 0.411. The van der Waals surface area contributed by atoms with Gasteiger partial charge in [-0.25, -0.2) is 8.42 Å². The summed E-state index contributed by atoms with van der Waals surface area (Å²) in [6, 6.07) is 17.4. The number of anilines is 1. The Bertz CT molecular complexity index is 1480. The van der Waals surface area contributed by atoms with Gasteiger partial charge in [0.1, 0.15) is 4.21 Å².